The largest absolute Gasteiger partial charge is 0.328 e. The lowest BCUT2D eigenvalue weighted by Gasteiger charge is -2.05. The van der Waals surface area contributed by atoms with Crippen molar-refractivity contribution in [3.63, 3.8) is 0 Å². The van der Waals surface area contributed by atoms with Crippen LogP contribution in [0.3, 0.4) is 0 Å². The number of amides is 1. The number of carbonyl (C=O) groups is 1. The van der Waals surface area contributed by atoms with Crippen LogP contribution in [0.1, 0.15) is 15.2 Å². The summed E-state index contributed by atoms with van der Waals surface area (Å²) in [5, 5.41) is 6.47. The Bertz CT molecular complexity index is 894. The number of anilines is 1. The van der Waals surface area contributed by atoms with Crippen LogP contribution in [0.15, 0.2) is 44.9 Å². The Labute approximate surface area is 131 Å². The van der Waals surface area contributed by atoms with Crippen LogP contribution in [-0.4, -0.2) is 20.4 Å². The highest BCUT2D eigenvalue weighted by Crippen LogP contribution is 2.11. The van der Waals surface area contributed by atoms with E-state index in [-0.39, 0.29) is 12.1 Å². The molecule has 9 heteroatoms. The standard InChI is InChI=1S/C13H10N4O3S2/c18-10(16-12-14-3-5-22-12)9-6-15-13(20)17(11(9)19)7-8-2-1-4-21-8/h1-6H,7H2,(H,15,20)(H,14,16,18). The van der Waals surface area contributed by atoms with Gasteiger partial charge in [0.1, 0.15) is 5.56 Å². The van der Waals surface area contributed by atoms with E-state index in [9.17, 15) is 14.4 Å². The van der Waals surface area contributed by atoms with Gasteiger partial charge in [0.15, 0.2) is 5.13 Å². The zero-order valence-electron chi connectivity index (χ0n) is 11.1. The Hall–Kier alpha value is -2.52. The van der Waals surface area contributed by atoms with Gasteiger partial charge in [-0.3, -0.25) is 19.5 Å². The van der Waals surface area contributed by atoms with Gasteiger partial charge in [-0.2, -0.15) is 0 Å². The van der Waals surface area contributed by atoms with Crippen molar-refractivity contribution in [3.05, 3.63) is 66.6 Å². The van der Waals surface area contributed by atoms with Gasteiger partial charge in [0, 0.05) is 22.7 Å². The number of aromatic nitrogens is 3. The number of nitrogens with zero attached hydrogens (tertiary/aromatic N) is 2. The van der Waals surface area contributed by atoms with Crippen LogP contribution in [0.5, 0.6) is 0 Å². The highest BCUT2D eigenvalue weighted by molar-refractivity contribution is 7.13. The Balaban J connectivity index is 1.94. The average molecular weight is 334 g/mol. The molecule has 0 aliphatic rings. The van der Waals surface area contributed by atoms with E-state index in [1.54, 1.807) is 11.6 Å². The molecule has 0 aromatic carbocycles. The Morgan fingerprint density at radius 1 is 1.32 bits per heavy atom. The summed E-state index contributed by atoms with van der Waals surface area (Å²) in [6.07, 6.45) is 2.67. The highest BCUT2D eigenvalue weighted by atomic mass is 32.1. The predicted octanol–water partition coefficient (Wildman–Crippen LogP) is 1.36. The van der Waals surface area contributed by atoms with Crippen molar-refractivity contribution in [2.24, 2.45) is 0 Å². The van der Waals surface area contributed by atoms with E-state index in [2.05, 4.69) is 15.3 Å². The molecule has 0 atom stereocenters. The van der Waals surface area contributed by atoms with Gasteiger partial charge in [0.05, 0.1) is 6.54 Å². The number of thiazole rings is 1. The molecule has 0 fully saturated rings. The normalized spacial score (nSPS) is 10.5. The molecule has 7 nitrogen and oxygen atoms in total. The van der Waals surface area contributed by atoms with Crippen LogP contribution in [0.4, 0.5) is 5.13 Å². The van der Waals surface area contributed by atoms with Crippen LogP contribution < -0.4 is 16.6 Å². The van der Waals surface area contributed by atoms with Crippen LogP contribution in [-0.2, 0) is 6.54 Å². The van der Waals surface area contributed by atoms with Gasteiger partial charge in [0.25, 0.3) is 11.5 Å². The SMILES string of the molecule is O=C(Nc1nccs1)c1c[nH]c(=O)n(Cc2cccs2)c1=O. The van der Waals surface area contributed by atoms with Gasteiger partial charge in [0.2, 0.25) is 0 Å². The predicted molar refractivity (Wildman–Crippen MR) is 84.8 cm³/mol. The van der Waals surface area contributed by atoms with Crippen molar-refractivity contribution in [2.45, 2.75) is 6.54 Å². The van der Waals surface area contributed by atoms with Crippen LogP contribution in [0.25, 0.3) is 0 Å². The van der Waals surface area contributed by atoms with Gasteiger partial charge in [-0.1, -0.05) is 6.07 Å². The van der Waals surface area contributed by atoms with Crippen molar-refractivity contribution in [2.75, 3.05) is 5.32 Å². The van der Waals surface area contributed by atoms with E-state index in [4.69, 9.17) is 0 Å². The quantitative estimate of drug-likeness (QED) is 0.753. The van der Waals surface area contributed by atoms with Crippen LogP contribution in [0.2, 0.25) is 0 Å². The first kappa shape index (κ1) is 14.4. The third-order valence-corrected chi connectivity index (χ3v) is 4.40. The molecule has 0 radical (unpaired) electrons. The summed E-state index contributed by atoms with van der Waals surface area (Å²) in [5.74, 6) is -0.601. The number of rotatable bonds is 4. The first-order chi connectivity index (χ1) is 10.6. The average Bonchev–Trinajstić information content (AvgIpc) is 3.16. The topological polar surface area (TPSA) is 96.8 Å². The smallest absolute Gasteiger partial charge is 0.313 e. The molecule has 1 amide bonds. The molecular formula is C13H10N4O3S2. The second-order valence-electron chi connectivity index (χ2n) is 4.27. The van der Waals surface area contributed by atoms with Gasteiger partial charge in [-0.15, -0.1) is 22.7 Å². The van der Waals surface area contributed by atoms with Crippen molar-refractivity contribution in [1.82, 2.24) is 14.5 Å². The summed E-state index contributed by atoms with van der Waals surface area (Å²) in [6, 6.07) is 3.65. The number of hydrogen-bond acceptors (Lipinski definition) is 6. The van der Waals surface area contributed by atoms with Gasteiger partial charge in [-0.05, 0) is 11.4 Å². The Morgan fingerprint density at radius 2 is 2.18 bits per heavy atom. The maximum absolute atomic E-state index is 12.4. The fourth-order valence-corrected chi connectivity index (χ4v) is 3.04. The molecule has 0 spiro atoms. The lowest BCUT2D eigenvalue weighted by atomic mass is 10.3. The third-order valence-electron chi connectivity index (χ3n) is 2.85. The molecule has 0 saturated heterocycles. The second kappa shape index (κ2) is 6.08. The number of carbonyl (C=O) groups excluding carboxylic acids is 1. The van der Waals surface area contributed by atoms with E-state index in [1.807, 2.05) is 17.5 Å². The fourth-order valence-electron chi connectivity index (χ4n) is 1.83. The fraction of sp³-hybridized carbons (Fsp3) is 0.0769. The van der Waals surface area contributed by atoms with Crippen molar-refractivity contribution in [1.29, 1.82) is 0 Å². The third kappa shape index (κ3) is 2.90. The molecule has 3 rings (SSSR count). The lowest BCUT2D eigenvalue weighted by molar-refractivity contribution is 0.102. The zero-order chi connectivity index (χ0) is 15.5. The molecule has 2 N–H and O–H groups in total. The van der Waals surface area contributed by atoms with Gasteiger partial charge >= 0.3 is 5.69 Å². The Kier molecular flexibility index (Phi) is 3.98. The molecule has 0 unspecified atom stereocenters. The van der Waals surface area contributed by atoms with Crippen LogP contribution in [0, 0.1) is 0 Å². The minimum Gasteiger partial charge on any atom is -0.313 e. The zero-order valence-corrected chi connectivity index (χ0v) is 12.7. The summed E-state index contributed by atoms with van der Waals surface area (Å²) in [7, 11) is 0. The van der Waals surface area contributed by atoms with E-state index in [1.165, 1.54) is 22.7 Å². The van der Waals surface area contributed by atoms with Crippen molar-refractivity contribution < 1.29 is 4.79 Å². The summed E-state index contributed by atoms with van der Waals surface area (Å²) in [4.78, 5) is 43.5. The second-order valence-corrected chi connectivity index (χ2v) is 6.20. The molecule has 3 aromatic rings. The molecule has 22 heavy (non-hydrogen) atoms. The number of nitrogens with one attached hydrogen (secondary N) is 2. The lowest BCUT2D eigenvalue weighted by Crippen LogP contribution is -2.39. The maximum Gasteiger partial charge on any atom is 0.328 e. The number of aromatic amines is 1. The van der Waals surface area contributed by atoms with E-state index < -0.39 is 17.2 Å². The minimum atomic E-state index is -0.633. The van der Waals surface area contributed by atoms with E-state index in [0.29, 0.717) is 5.13 Å². The minimum absolute atomic E-state index is 0.129. The van der Waals surface area contributed by atoms with Crippen LogP contribution >= 0.6 is 22.7 Å². The van der Waals surface area contributed by atoms with Gasteiger partial charge in [-0.25, -0.2) is 9.78 Å². The number of hydrogen-bond donors (Lipinski definition) is 2. The Morgan fingerprint density at radius 3 is 2.86 bits per heavy atom. The summed E-state index contributed by atoms with van der Waals surface area (Å²) in [6.45, 7) is 0.129. The molecule has 0 bridgehead atoms. The van der Waals surface area contributed by atoms with E-state index >= 15 is 0 Å². The first-order valence-electron chi connectivity index (χ1n) is 6.21. The molecule has 3 heterocycles. The molecule has 112 valence electrons. The number of thiophene rings is 1. The maximum atomic E-state index is 12.4. The van der Waals surface area contributed by atoms with Gasteiger partial charge < -0.3 is 4.98 Å². The number of H-pyrrole nitrogens is 1. The molecule has 0 aliphatic carbocycles. The summed E-state index contributed by atoms with van der Waals surface area (Å²) >= 11 is 2.67. The highest BCUT2D eigenvalue weighted by Gasteiger charge is 2.16. The molecular weight excluding hydrogens is 324 g/mol. The first-order valence-corrected chi connectivity index (χ1v) is 7.97. The monoisotopic (exact) mass is 334 g/mol. The summed E-state index contributed by atoms with van der Waals surface area (Å²) < 4.78 is 1.00. The summed E-state index contributed by atoms with van der Waals surface area (Å²) in [5.41, 5.74) is -1.32. The molecule has 0 aliphatic heterocycles. The van der Waals surface area contributed by atoms with E-state index in [0.717, 1.165) is 15.6 Å². The van der Waals surface area contributed by atoms with Crippen molar-refractivity contribution in [3.8, 4) is 0 Å². The molecule has 0 saturated carbocycles. The van der Waals surface area contributed by atoms with Crippen molar-refractivity contribution >= 4 is 33.7 Å². The molecule has 3 aromatic heterocycles.